The van der Waals surface area contributed by atoms with Gasteiger partial charge >= 0.3 is 0 Å². The van der Waals surface area contributed by atoms with Crippen LogP contribution in [0.3, 0.4) is 0 Å². The Morgan fingerprint density at radius 2 is 1.47 bits per heavy atom. The minimum atomic E-state index is -2.74. The molecule has 0 radical (unpaired) electrons. The summed E-state index contributed by atoms with van der Waals surface area (Å²) in [6.07, 6.45) is 4.51. The van der Waals surface area contributed by atoms with Crippen LogP contribution in [0.15, 0.2) is 91.0 Å². The summed E-state index contributed by atoms with van der Waals surface area (Å²) in [4.78, 5) is 0. The molecule has 2 heterocycles. The molecule has 6 rings (SSSR count). The molecular formula is C37H48O5Si. The molecular weight excluding hydrogens is 552 g/mol. The zero-order valence-corrected chi connectivity index (χ0v) is 27.0. The van der Waals surface area contributed by atoms with E-state index in [0.717, 1.165) is 38.7 Å². The number of hydrogen-bond donors (Lipinski definition) is 1. The number of aliphatic hydroxyl groups excluding tert-OH is 1. The van der Waals surface area contributed by atoms with Crippen LogP contribution >= 0.6 is 0 Å². The van der Waals surface area contributed by atoms with E-state index in [0.29, 0.717) is 19.6 Å². The fraction of sp³-hybridized carbons (Fsp3) is 0.514. The number of hydrogen-bond acceptors (Lipinski definition) is 5. The summed E-state index contributed by atoms with van der Waals surface area (Å²) < 4.78 is 26.6. The standard InChI is InChI=1S/C37H48O5Si/c1-36(2,3)43(29-17-9-5-10-18-29,30-19-11-6-12-20-30)41-26-31-32-27-40-34(38)25-37(32,23-28-15-7-4-8-16-28)24-33(31)42-35-21-13-14-22-39-35/h4-12,15-20,31-35,38H,13-14,21-27H2,1-3H3. The molecule has 3 fully saturated rings. The summed E-state index contributed by atoms with van der Waals surface area (Å²) in [7, 11) is -2.74. The number of ether oxygens (including phenoxy) is 3. The van der Waals surface area contributed by atoms with E-state index in [4.69, 9.17) is 18.6 Å². The van der Waals surface area contributed by atoms with Crippen molar-refractivity contribution in [2.24, 2.45) is 17.3 Å². The largest absolute Gasteiger partial charge is 0.407 e. The zero-order valence-electron chi connectivity index (χ0n) is 26.0. The van der Waals surface area contributed by atoms with Gasteiger partial charge in [-0.1, -0.05) is 112 Å². The molecule has 2 saturated heterocycles. The van der Waals surface area contributed by atoms with Crippen molar-refractivity contribution in [2.45, 2.75) is 83.0 Å². The first-order valence-corrected chi connectivity index (χ1v) is 18.1. The van der Waals surface area contributed by atoms with Crippen LogP contribution in [-0.4, -0.2) is 51.9 Å². The van der Waals surface area contributed by atoms with Gasteiger partial charge in [0.15, 0.2) is 12.6 Å². The van der Waals surface area contributed by atoms with Gasteiger partial charge < -0.3 is 23.7 Å². The van der Waals surface area contributed by atoms with Crippen LogP contribution in [0.4, 0.5) is 0 Å². The SMILES string of the molecule is CC(C)(C)[Si](OCC1C(OC2CCCCO2)CC2(Cc3ccccc3)CC(O)OCC12)(c1ccccc1)c1ccccc1. The van der Waals surface area contributed by atoms with Crippen molar-refractivity contribution in [2.75, 3.05) is 19.8 Å². The number of fused-ring (bicyclic) bond motifs is 1. The van der Waals surface area contributed by atoms with Gasteiger partial charge in [-0.05, 0) is 64.4 Å². The van der Waals surface area contributed by atoms with Crippen LogP contribution < -0.4 is 10.4 Å². The molecule has 5 nitrogen and oxygen atoms in total. The summed E-state index contributed by atoms with van der Waals surface area (Å²) in [5.74, 6) is 0.311. The average molecular weight is 601 g/mol. The van der Waals surface area contributed by atoms with Crippen molar-refractivity contribution in [3.63, 3.8) is 0 Å². The zero-order chi connectivity index (χ0) is 29.9. The lowest BCUT2D eigenvalue weighted by atomic mass is 9.68. The first kappa shape index (κ1) is 30.7. The van der Waals surface area contributed by atoms with Gasteiger partial charge in [-0.2, -0.15) is 0 Å². The highest BCUT2D eigenvalue weighted by Gasteiger charge is 2.58. The Hall–Kier alpha value is -2.32. The monoisotopic (exact) mass is 600 g/mol. The van der Waals surface area contributed by atoms with Gasteiger partial charge in [0.25, 0.3) is 8.32 Å². The molecule has 0 amide bonds. The molecule has 3 aromatic carbocycles. The molecule has 230 valence electrons. The predicted molar refractivity (Wildman–Crippen MR) is 173 cm³/mol. The van der Waals surface area contributed by atoms with E-state index in [1.54, 1.807) is 0 Å². The molecule has 0 bridgehead atoms. The Labute approximate surface area is 258 Å². The summed E-state index contributed by atoms with van der Waals surface area (Å²) in [6.45, 7) is 8.83. The van der Waals surface area contributed by atoms with Gasteiger partial charge in [-0.3, -0.25) is 0 Å². The normalized spacial score (nSPS) is 29.7. The second kappa shape index (κ2) is 13.0. The van der Waals surface area contributed by atoms with E-state index in [9.17, 15) is 5.11 Å². The molecule has 1 aliphatic carbocycles. The maximum Gasteiger partial charge on any atom is 0.261 e. The van der Waals surface area contributed by atoms with Crippen molar-refractivity contribution < 1.29 is 23.7 Å². The lowest BCUT2D eigenvalue weighted by Gasteiger charge is -2.46. The molecule has 2 aliphatic heterocycles. The van der Waals surface area contributed by atoms with Crippen LogP contribution in [-0.2, 0) is 25.1 Å². The summed E-state index contributed by atoms with van der Waals surface area (Å²) in [5.41, 5.74) is 1.15. The molecule has 0 aromatic heterocycles. The Balaban J connectivity index is 1.38. The maximum atomic E-state index is 10.8. The summed E-state index contributed by atoms with van der Waals surface area (Å²) in [6, 6.07) is 32.4. The van der Waals surface area contributed by atoms with Crippen LogP contribution in [0, 0.1) is 17.3 Å². The van der Waals surface area contributed by atoms with Crippen LogP contribution in [0.2, 0.25) is 5.04 Å². The first-order chi connectivity index (χ1) is 20.8. The van der Waals surface area contributed by atoms with Crippen LogP contribution in [0.1, 0.15) is 58.4 Å². The van der Waals surface area contributed by atoms with Gasteiger partial charge in [0.05, 0.1) is 12.7 Å². The Bertz CT molecular complexity index is 1250. The second-order valence-electron chi connectivity index (χ2n) is 13.9. The van der Waals surface area contributed by atoms with Gasteiger partial charge in [0, 0.05) is 25.6 Å². The fourth-order valence-electron chi connectivity index (χ4n) is 8.22. The van der Waals surface area contributed by atoms with E-state index in [1.807, 2.05) is 0 Å². The third-order valence-electron chi connectivity index (χ3n) is 10.2. The molecule has 43 heavy (non-hydrogen) atoms. The lowest BCUT2D eigenvalue weighted by Crippen LogP contribution is -2.67. The fourth-order valence-corrected chi connectivity index (χ4v) is 12.8. The number of aliphatic hydroxyl groups is 1. The minimum Gasteiger partial charge on any atom is -0.407 e. The van der Waals surface area contributed by atoms with Gasteiger partial charge in [0.2, 0.25) is 0 Å². The lowest BCUT2D eigenvalue weighted by molar-refractivity contribution is -0.199. The topological polar surface area (TPSA) is 57.2 Å². The molecule has 3 aromatic rings. The van der Waals surface area contributed by atoms with Crippen molar-refractivity contribution in [1.82, 2.24) is 0 Å². The molecule has 1 N–H and O–H groups in total. The highest BCUT2D eigenvalue weighted by molar-refractivity contribution is 6.99. The maximum absolute atomic E-state index is 10.8. The molecule has 0 spiro atoms. The summed E-state index contributed by atoms with van der Waals surface area (Å²) >= 11 is 0. The quantitative estimate of drug-likeness (QED) is 0.302. The number of rotatable bonds is 9. The van der Waals surface area contributed by atoms with E-state index in [1.165, 1.54) is 15.9 Å². The van der Waals surface area contributed by atoms with Crippen molar-refractivity contribution in [3.8, 4) is 0 Å². The summed E-state index contributed by atoms with van der Waals surface area (Å²) in [5, 5.41) is 13.3. The highest BCUT2D eigenvalue weighted by Crippen LogP contribution is 2.56. The number of benzene rings is 3. The molecule has 6 atom stereocenters. The van der Waals surface area contributed by atoms with Crippen molar-refractivity contribution in [3.05, 3.63) is 96.6 Å². The first-order valence-electron chi connectivity index (χ1n) is 16.2. The molecule has 6 unspecified atom stereocenters. The molecule has 6 heteroatoms. The molecule has 3 aliphatic rings. The predicted octanol–water partition coefficient (Wildman–Crippen LogP) is 6.08. The third-order valence-corrected chi connectivity index (χ3v) is 15.2. The Kier molecular flexibility index (Phi) is 9.25. The average Bonchev–Trinajstić information content (AvgIpc) is 3.30. The third kappa shape index (κ3) is 6.28. The Morgan fingerprint density at radius 1 is 0.837 bits per heavy atom. The Morgan fingerprint density at radius 3 is 2.05 bits per heavy atom. The molecule has 1 saturated carbocycles. The van der Waals surface area contributed by atoms with E-state index < -0.39 is 14.6 Å². The minimum absolute atomic E-state index is 0.0380. The van der Waals surface area contributed by atoms with Crippen molar-refractivity contribution >= 4 is 18.7 Å². The smallest absolute Gasteiger partial charge is 0.261 e. The van der Waals surface area contributed by atoms with E-state index in [2.05, 4.69) is 112 Å². The second-order valence-corrected chi connectivity index (χ2v) is 18.2. The highest BCUT2D eigenvalue weighted by atomic mass is 28.4. The van der Waals surface area contributed by atoms with E-state index in [-0.39, 0.29) is 34.7 Å². The van der Waals surface area contributed by atoms with E-state index >= 15 is 0 Å². The van der Waals surface area contributed by atoms with Gasteiger partial charge in [0.1, 0.15) is 0 Å². The van der Waals surface area contributed by atoms with Gasteiger partial charge in [-0.15, -0.1) is 0 Å². The van der Waals surface area contributed by atoms with Crippen LogP contribution in [0.25, 0.3) is 0 Å². The van der Waals surface area contributed by atoms with Crippen LogP contribution in [0.5, 0.6) is 0 Å². The van der Waals surface area contributed by atoms with Gasteiger partial charge in [-0.25, -0.2) is 0 Å². The van der Waals surface area contributed by atoms with Crippen molar-refractivity contribution in [1.29, 1.82) is 0 Å².